The summed E-state index contributed by atoms with van der Waals surface area (Å²) in [6, 6.07) is 0. The van der Waals surface area contributed by atoms with Crippen molar-refractivity contribution in [3.05, 3.63) is 6.20 Å². The van der Waals surface area contributed by atoms with E-state index in [2.05, 4.69) is 30.9 Å². The number of anilines is 2. The maximum atomic E-state index is 9.78. The number of hydrazine groups is 1. The SMILES string of the molecule is NNc1nc(NC2(CO)CCCCC2)c2cn[nH]c2n1. The van der Waals surface area contributed by atoms with Crippen LogP contribution in [-0.4, -0.2) is 37.4 Å². The fraction of sp³-hybridized carbons (Fsp3) is 0.583. The zero-order chi connectivity index (χ0) is 14.0. The Morgan fingerprint density at radius 2 is 2.10 bits per heavy atom. The van der Waals surface area contributed by atoms with Crippen molar-refractivity contribution >= 4 is 22.8 Å². The van der Waals surface area contributed by atoms with Gasteiger partial charge in [-0.3, -0.25) is 10.5 Å². The first-order valence-corrected chi connectivity index (χ1v) is 6.83. The topological polar surface area (TPSA) is 125 Å². The average molecular weight is 277 g/mol. The van der Waals surface area contributed by atoms with Gasteiger partial charge < -0.3 is 10.4 Å². The Morgan fingerprint density at radius 1 is 1.30 bits per heavy atom. The van der Waals surface area contributed by atoms with Crippen LogP contribution in [0.1, 0.15) is 32.1 Å². The summed E-state index contributed by atoms with van der Waals surface area (Å²) in [6.45, 7) is 0.0851. The standard InChI is InChI=1S/C12H19N7O/c13-18-11-15-9(8-6-14-19-10(8)16-11)17-12(7-20)4-2-1-3-5-12/h6,20H,1-5,7,13H2,(H3,14,15,16,17,18,19). The molecule has 1 fully saturated rings. The number of fused-ring (bicyclic) bond motifs is 1. The lowest BCUT2D eigenvalue weighted by molar-refractivity contribution is 0.172. The van der Waals surface area contributed by atoms with E-state index < -0.39 is 0 Å². The zero-order valence-corrected chi connectivity index (χ0v) is 11.2. The predicted octanol–water partition coefficient (Wildman–Crippen LogP) is 0.746. The summed E-state index contributed by atoms with van der Waals surface area (Å²) in [5.74, 6) is 6.35. The zero-order valence-electron chi connectivity index (χ0n) is 11.2. The first-order chi connectivity index (χ1) is 9.76. The lowest BCUT2D eigenvalue weighted by Crippen LogP contribution is -2.44. The van der Waals surface area contributed by atoms with Gasteiger partial charge in [-0.2, -0.15) is 15.1 Å². The average Bonchev–Trinajstić information content (AvgIpc) is 2.96. The van der Waals surface area contributed by atoms with Crippen molar-refractivity contribution in [3.63, 3.8) is 0 Å². The Morgan fingerprint density at radius 3 is 2.80 bits per heavy atom. The van der Waals surface area contributed by atoms with Crippen LogP contribution in [0.5, 0.6) is 0 Å². The first kappa shape index (κ1) is 13.1. The molecule has 0 amide bonds. The molecule has 2 aromatic heterocycles. The summed E-state index contributed by atoms with van der Waals surface area (Å²) >= 11 is 0. The van der Waals surface area contributed by atoms with Crippen LogP contribution in [0.2, 0.25) is 0 Å². The molecule has 0 aliphatic heterocycles. The number of rotatable bonds is 4. The molecule has 0 atom stereocenters. The number of aromatic nitrogens is 4. The molecule has 1 aliphatic carbocycles. The van der Waals surface area contributed by atoms with Crippen molar-refractivity contribution in [2.75, 3.05) is 17.3 Å². The van der Waals surface area contributed by atoms with Gasteiger partial charge in [0.1, 0.15) is 5.82 Å². The smallest absolute Gasteiger partial charge is 0.241 e. The summed E-state index contributed by atoms with van der Waals surface area (Å²) < 4.78 is 0. The second-order valence-electron chi connectivity index (χ2n) is 5.30. The molecule has 8 nitrogen and oxygen atoms in total. The quantitative estimate of drug-likeness (QED) is 0.412. The van der Waals surface area contributed by atoms with E-state index in [1.807, 2.05) is 0 Å². The largest absolute Gasteiger partial charge is 0.394 e. The number of aliphatic hydroxyl groups is 1. The van der Waals surface area contributed by atoms with Crippen molar-refractivity contribution in [3.8, 4) is 0 Å². The van der Waals surface area contributed by atoms with Crippen molar-refractivity contribution in [2.45, 2.75) is 37.6 Å². The minimum atomic E-state index is -0.317. The van der Waals surface area contributed by atoms with Crippen LogP contribution in [0.25, 0.3) is 11.0 Å². The highest BCUT2D eigenvalue weighted by molar-refractivity contribution is 5.87. The Labute approximate surface area is 116 Å². The number of nitrogen functional groups attached to an aromatic ring is 1. The highest BCUT2D eigenvalue weighted by Gasteiger charge is 2.32. The van der Waals surface area contributed by atoms with E-state index in [1.54, 1.807) is 6.20 Å². The molecule has 2 aromatic rings. The van der Waals surface area contributed by atoms with E-state index in [-0.39, 0.29) is 12.1 Å². The van der Waals surface area contributed by atoms with Crippen LogP contribution >= 0.6 is 0 Å². The van der Waals surface area contributed by atoms with Crippen LogP contribution in [-0.2, 0) is 0 Å². The molecular weight excluding hydrogens is 258 g/mol. The van der Waals surface area contributed by atoms with Crippen LogP contribution < -0.4 is 16.6 Å². The maximum absolute atomic E-state index is 9.78. The molecule has 20 heavy (non-hydrogen) atoms. The van der Waals surface area contributed by atoms with Gasteiger partial charge in [-0.1, -0.05) is 19.3 Å². The van der Waals surface area contributed by atoms with Gasteiger partial charge in [0, 0.05) is 0 Å². The fourth-order valence-electron chi connectivity index (χ4n) is 2.80. The van der Waals surface area contributed by atoms with Crippen molar-refractivity contribution in [2.24, 2.45) is 5.84 Å². The van der Waals surface area contributed by atoms with Gasteiger partial charge in [0.2, 0.25) is 5.95 Å². The number of nitrogens with zero attached hydrogens (tertiary/aromatic N) is 3. The lowest BCUT2D eigenvalue weighted by atomic mass is 9.82. The Hall–Kier alpha value is -1.93. The van der Waals surface area contributed by atoms with Gasteiger partial charge >= 0.3 is 0 Å². The highest BCUT2D eigenvalue weighted by atomic mass is 16.3. The molecule has 0 spiro atoms. The molecule has 1 aliphatic rings. The minimum Gasteiger partial charge on any atom is -0.394 e. The number of aliphatic hydroxyl groups excluding tert-OH is 1. The van der Waals surface area contributed by atoms with Gasteiger partial charge in [0.05, 0.1) is 23.7 Å². The second kappa shape index (κ2) is 5.22. The third-order valence-corrected chi connectivity index (χ3v) is 3.94. The van der Waals surface area contributed by atoms with Crippen LogP contribution in [0, 0.1) is 0 Å². The molecule has 6 N–H and O–H groups in total. The van der Waals surface area contributed by atoms with Gasteiger partial charge in [-0.05, 0) is 12.8 Å². The number of hydrogen-bond acceptors (Lipinski definition) is 7. The summed E-state index contributed by atoms with van der Waals surface area (Å²) in [7, 11) is 0. The monoisotopic (exact) mass is 277 g/mol. The Balaban J connectivity index is 1.98. The predicted molar refractivity (Wildman–Crippen MR) is 76.0 cm³/mol. The Bertz CT molecular complexity index is 591. The van der Waals surface area contributed by atoms with E-state index >= 15 is 0 Å². The molecule has 0 unspecified atom stereocenters. The van der Waals surface area contributed by atoms with E-state index in [0.29, 0.717) is 17.4 Å². The molecule has 2 heterocycles. The van der Waals surface area contributed by atoms with Crippen LogP contribution in [0.15, 0.2) is 6.20 Å². The number of aromatic amines is 1. The highest BCUT2D eigenvalue weighted by Crippen LogP contribution is 2.32. The van der Waals surface area contributed by atoms with Gasteiger partial charge in [0.15, 0.2) is 5.65 Å². The first-order valence-electron chi connectivity index (χ1n) is 6.83. The van der Waals surface area contributed by atoms with Crippen molar-refractivity contribution in [1.29, 1.82) is 0 Å². The van der Waals surface area contributed by atoms with Crippen molar-refractivity contribution in [1.82, 2.24) is 20.2 Å². The van der Waals surface area contributed by atoms with Crippen LogP contribution in [0.3, 0.4) is 0 Å². The number of nitrogens with one attached hydrogen (secondary N) is 3. The molecule has 0 radical (unpaired) electrons. The van der Waals surface area contributed by atoms with Gasteiger partial charge in [-0.15, -0.1) is 0 Å². The summed E-state index contributed by atoms with van der Waals surface area (Å²) in [6.07, 6.45) is 6.95. The summed E-state index contributed by atoms with van der Waals surface area (Å²) in [4.78, 5) is 8.54. The third kappa shape index (κ3) is 2.27. The maximum Gasteiger partial charge on any atom is 0.241 e. The normalized spacial score (nSPS) is 18.1. The molecule has 0 aromatic carbocycles. The van der Waals surface area contributed by atoms with Gasteiger partial charge in [0.25, 0.3) is 0 Å². The lowest BCUT2D eigenvalue weighted by Gasteiger charge is -2.37. The minimum absolute atomic E-state index is 0.0851. The van der Waals surface area contributed by atoms with E-state index in [1.165, 1.54) is 6.42 Å². The van der Waals surface area contributed by atoms with E-state index in [0.717, 1.165) is 31.1 Å². The molecule has 108 valence electrons. The summed E-state index contributed by atoms with van der Waals surface area (Å²) in [5.41, 5.74) is 2.74. The fourth-order valence-corrected chi connectivity index (χ4v) is 2.80. The van der Waals surface area contributed by atoms with Crippen molar-refractivity contribution < 1.29 is 5.11 Å². The van der Waals surface area contributed by atoms with Gasteiger partial charge in [-0.25, -0.2) is 5.84 Å². The third-order valence-electron chi connectivity index (χ3n) is 3.94. The summed E-state index contributed by atoms with van der Waals surface area (Å²) in [5, 5.41) is 20.8. The molecule has 3 rings (SSSR count). The molecule has 0 saturated heterocycles. The number of H-pyrrole nitrogens is 1. The molecule has 8 heteroatoms. The molecule has 1 saturated carbocycles. The van der Waals surface area contributed by atoms with Crippen LogP contribution in [0.4, 0.5) is 11.8 Å². The molecule has 0 bridgehead atoms. The number of nitrogens with two attached hydrogens (primary N) is 1. The Kier molecular flexibility index (Phi) is 3.41. The van der Waals surface area contributed by atoms with E-state index in [4.69, 9.17) is 5.84 Å². The van der Waals surface area contributed by atoms with E-state index in [9.17, 15) is 5.11 Å². The number of hydrogen-bond donors (Lipinski definition) is 5. The molecular formula is C12H19N7O. The second-order valence-corrected chi connectivity index (χ2v) is 5.30.